The Hall–Kier alpha value is -0.940. The average Bonchev–Trinajstić information content (AvgIpc) is 2.78. The van der Waals surface area contributed by atoms with E-state index in [0.717, 1.165) is 44.4 Å². The Labute approximate surface area is 108 Å². The number of nitrogens with one attached hydrogen (secondary N) is 1. The van der Waals surface area contributed by atoms with E-state index in [1.165, 1.54) is 0 Å². The van der Waals surface area contributed by atoms with E-state index in [1.807, 2.05) is 0 Å². The van der Waals surface area contributed by atoms with Gasteiger partial charge in [-0.3, -0.25) is 0 Å². The van der Waals surface area contributed by atoms with E-state index in [4.69, 9.17) is 9.15 Å². The Morgan fingerprint density at radius 1 is 1.39 bits per heavy atom. The van der Waals surface area contributed by atoms with E-state index >= 15 is 0 Å². The minimum Gasteiger partial charge on any atom is -0.425 e. The molecule has 1 aromatic rings. The highest BCUT2D eigenvalue weighted by molar-refractivity contribution is 4.95. The molecule has 2 unspecified atom stereocenters. The monoisotopic (exact) mass is 253 g/mol. The van der Waals surface area contributed by atoms with Crippen LogP contribution in [0.4, 0.5) is 0 Å². The van der Waals surface area contributed by atoms with Crippen molar-refractivity contribution in [3.63, 3.8) is 0 Å². The van der Waals surface area contributed by atoms with Gasteiger partial charge in [-0.15, -0.1) is 10.2 Å². The molecule has 1 aliphatic rings. The first-order valence-electron chi connectivity index (χ1n) is 6.80. The molecule has 0 saturated carbocycles. The fourth-order valence-electron chi connectivity index (χ4n) is 2.23. The van der Waals surface area contributed by atoms with E-state index in [0.29, 0.717) is 17.9 Å². The molecule has 1 saturated heterocycles. The van der Waals surface area contributed by atoms with Crippen molar-refractivity contribution >= 4 is 0 Å². The zero-order valence-electron chi connectivity index (χ0n) is 11.5. The largest absolute Gasteiger partial charge is 0.425 e. The van der Waals surface area contributed by atoms with Gasteiger partial charge in [0.25, 0.3) is 0 Å². The van der Waals surface area contributed by atoms with Crippen molar-refractivity contribution in [1.82, 2.24) is 15.5 Å². The molecule has 0 bridgehead atoms. The molecule has 5 heteroatoms. The van der Waals surface area contributed by atoms with Crippen LogP contribution in [0.15, 0.2) is 4.42 Å². The van der Waals surface area contributed by atoms with Gasteiger partial charge in [0.2, 0.25) is 11.8 Å². The van der Waals surface area contributed by atoms with E-state index < -0.39 is 0 Å². The van der Waals surface area contributed by atoms with Gasteiger partial charge < -0.3 is 14.5 Å². The summed E-state index contributed by atoms with van der Waals surface area (Å²) in [5.41, 5.74) is 0. The van der Waals surface area contributed by atoms with Gasteiger partial charge in [0.15, 0.2) is 0 Å². The highest BCUT2D eigenvalue weighted by Crippen LogP contribution is 2.30. The van der Waals surface area contributed by atoms with Crippen LogP contribution in [0.1, 0.15) is 44.9 Å². The van der Waals surface area contributed by atoms with Crippen molar-refractivity contribution in [3.05, 3.63) is 11.8 Å². The Kier molecular flexibility index (Phi) is 4.72. The molecule has 0 amide bonds. The summed E-state index contributed by atoms with van der Waals surface area (Å²) >= 11 is 0. The molecule has 0 spiro atoms. The molecule has 2 rings (SSSR count). The first kappa shape index (κ1) is 13.5. The lowest BCUT2D eigenvalue weighted by atomic mass is 9.90. The first-order valence-corrected chi connectivity index (χ1v) is 6.80. The number of aromatic nitrogens is 2. The summed E-state index contributed by atoms with van der Waals surface area (Å²) in [5.74, 6) is 2.33. The molecule has 1 N–H and O–H groups in total. The second kappa shape index (κ2) is 6.29. The number of hydrogen-bond acceptors (Lipinski definition) is 5. The van der Waals surface area contributed by atoms with Crippen molar-refractivity contribution < 1.29 is 9.15 Å². The van der Waals surface area contributed by atoms with Crippen LogP contribution in [0.5, 0.6) is 0 Å². The Bertz CT molecular complexity index is 365. The fourth-order valence-corrected chi connectivity index (χ4v) is 2.23. The van der Waals surface area contributed by atoms with Crippen molar-refractivity contribution in [2.75, 3.05) is 19.8 Å². The first-order chi connectivity index (χ1) is 8.66. The summed E-state index contributed by atoms with van der Waals surface area (Å²) in [7, 11) is 0. The maximum Gasteiger partial charge on any atom is 0.220 e. The molecule has 0 aliphatic carbocycles. The zero-order chi connectivity index (χ0) is 13.0. The van der Waals surface area contributed by atoms with Gasteiger partial charge in [0, 0.05) is 38.1 Å². The van der Waals surface area contributed by atoms with Crippen molar-refractivity contribution in [2.24, 2.45) is 5.92 Å². The SMILES string of the molecule is CC(C)NCCc1nnc(C2CCOCC2C)o1. The van der Waals surface area contributed by atoms with Crippen molar-refractivity contribution in [3.8, 4) is 0 Å². The van der Waals surface area contributed by atoms with Gasteiger partial charge in [0.1, 0.15) is 0 Å². The summed E-state index contributed by atoms with van der Waals surface area (Å²) in [5, 5.41) is 11.7. The standard InChI is InChI=1S/C13H23N3O2/c1-9(2)14-6-4-12-15-16-13(18-12)11-5-7-17-8-10(11)3/h9-11,14H,4-8H2,1-3H3. The molecular weight excluding hydrogens is 230 g/mol. The summed E-state index contributed by atoms with van der Waals surface area (Å²) in [4.78, 5) is 0. The fraction of sp³-hybridized carbons (Fsp3) is 0.846. The molecule has 1 aromatic heterocycles. The van der Waals surface area contributed by atoms with Gasteiger partial charge in [-0.2, -0.15) is 0 Å². The van der Waals surface area contributed by atoms with Crippen molar-refractivity contribution in [1.29, 1.82) is 0 Å². The van der Waals surface area contributed by atoms with Crippen LogP contribution in [0.25, 0.3) is 0 Å². The van der Waals surface area contributed by atoms with Gasteiger partial charge in [0.05, 0.1) is 0 Å². The quantitative estimate of drug-likeness (QED) is 0.866. The Balaban J connectivity index is 1.88. The molecule has 2 atom stereocenters. The zero-order valence-corrected chi connectivity index (χ0v) is 11.5. The van der Waals surface area contributed by atoms with Crippen LogP contribution in [0.3, 0.4) is 0 Å². The topological polar surface area (TPSA) is 60.2 Å². The number of nitrogens with zero attached hydrogens (tertiary/aromatic N) is 2. The lowest BCUT2D eigenvalue weighted by Crippen LogP contribution is -2.25. The van der Waals surface area contributed by atoms with Crippen LogP contribution in [-0.4, -0.2) is 36.0 Å². The number of rotatable bonds is 5. The van der Waals surface area contributed by atoms with Crippen LogP contribution >= 0.6 is 0 Å². The predicted molar refractivity (Wildman–Crippen MR) is 68.5 cm³/mol. The molecule has 2 heterocycles. The van der Waals surface area contributed by atoms with Crippen LogP contribution in [0.2, 0.25) is 0 Å². The second-order valence-corrected chi connectivity index (χ2v) is 5.34. The van der Waals surface area contributed by atoms with Crippen LogP contribution < -0.4 is 5.32 Å². The third kappa shape index (κ3) is 3.53. The highest BCUT2D eigenvalue weighted by atomic mass is 16.5. The third-order valence-corrected chi connectivity index (χ3v) is 3.33. The summed E-state index contributed by atoms with van der Waals surface area (Å²) < 4.78 is 11.2. The molecule has 1 fully saturated rings. The van der Waals surface area contributed by atoms with E-state index in [1.54, 1.807) is 0 Å². The summed E-state index contributed by atoms with van der Waals surface area (Å²) in [6, 6.07) is 0.489. The maximum atomic E-state index is 5.76. The smallest absolute Gasteiger partial charge is 0.220 e. The van der Waals surface area contributed by atoms with E-state index in [9.17, 15) is 0 Å². The minimum atomic E-state index is 0.359. The van der Waals surface area contributed by atoms with Gasteiger partial charge >= 0.3 is 0 Å². The molecule has 0 radical (unpaired) electrons. The molecule has 5 nitrogen and oxygen atoms in total. The predicted octanol–water partition coefficient (Wildman–Crippen LogP) is 1.75. The molecule has 18 heavy (non-hydrogen) atoms. The van der Waals surface area contributed by atoms with Gasteiger partial charge in [-0.25, -0.2) is 0 Å². The van der Waals surface area contributed by atoms with Crippen molar-refractivity contribution in [2.45, 2.75) is 45.6 Å². The molecule has 1 aliphatic heterocycles. The average molecular weight is 253 g/mol. The lowest BCUT2D eigenvalue weighted by molar-refractivity contribution is 0.0404. The number of ether oxygens (including phenoxy) is 1. The Morgan fingerprint density at radius 2 is 2.22 bits per heavy atom. The third-order valence-electron chi connectivity index (χ3n) is 3.33. The molecular formula is C13H23N3O2. The highest BCUT2D eigenvalue weighted by Gasteiger charge is 2.28. The lowest BCUT2D eigenvalue weighted by Gasteiger charge is -2.25. The van der Waals surface area contributed by atoms with Crippen LogP contribution in [0, 0.1) is 5.92 Å². The van der Waals surface area contributed by atoms with E-state index in [-0.39, 0.29) is 0 Å². The normalized spacial score (nSPS) is 24.7. The minimum absolute atomic E-state index is 0.359. The molecule has 102 valence electrons. The summed E-state index contributed by atoms with van der Waals surface area (Å²) in [6.45, 7) is 8.89. The number of hydrogen-bond donors (Lipinski definition) is 1. The molecule has 0 aromatic carbocycles. The summed E-state index contributed by atoms with van der Waals surface area (Å²) in [6.07, 6.45) is 1.77. The second-order valence-electron chi connectivity index (χ2n) is 5.34. The van der Waals surface area contributed by atoms with Crippen LogP contribution in [-0.2, 0) is 11.2 Å². The van der Waals surface area contributed by atoms with Gasteiger partial charge in [-0.1, -0.05) is 20.8 Å². The maximum absolute atomic E-state index is 5.76. The Morgan fingerprint density at radius 3 is 2.94 bits per heavy atom. The van der Waals surface area contributed by atoms with Gasteiger partial charge in [-0.05, 0) is 12.3 Å². The van der Waals surface area contributed by atoms with E-state index in [2.05, 4.69) is 36.3 Å².